The number of H-pyrrole nitrogens is 1. The molecule has 0 aliphatic carbocycles. The van der Waals surface area contributed by atoms with Crippen molar-refractivity contribution in [2.45, 2.75) is 3.92 Å². The number of hydrogen-bond donors (Lipinski definition) is 1. The molecule has 60 valence electrons. The van der Waals surface area contributed by atoms with Crippen molar-refractivity contribution in [1.29, 1.82) is 0 Å². The number of allylic oxidation sites excluding steroid dienone is 1. The molecule has 1 N–H and O–H groups in total. The summed E-state index contributed by atoms with van der Waals surface area (Å²) in [4.78, 5) is 0. The van der Waals surface area contributed by atoms with Crippen LogP contribution in [-0.2, 0) is 0 Å². The number of halogens is 3. The molecule has 0 saturated carbocycles. The van der Waals surface area contributed by atoms with Crippen LogP contribution in [0.25, 0.3) is 0 Å². The van der Waals surface area contributed by atoms with Crippen molar-refractivity contribution in [3.8, 4) is 0 Å². The summed E-state index contributed by atoms with van der Waals surface area (Å²) in [5, 5.41) is 10.2. The monoisotopic (exact) mass is 487 g/mol. The smallest absolute Gasteiger partial charge is 0.0991 e. The topological polar surface area (TPSA) is 41.6 Å². The summed E-state index contributed by atoms with van der Waals surface area (Å²) in [6, 6.07) is 0. The van der Waals surface area contributed by atoms with Crippen LogP contribution in [0.1, 0.15) is 9.62 Å². The molecule has 11 heavy (non-hydrogen) atoms. The Hall–Kier alpha value is 1.07. The van der Waals surface area contributed by atoms with Crippen molar-refractivity contribution >= 4 is 67.8 Å². The summed E-state index contributed by atoms with van der Waals surface area (Å²) in [6.07, 6.45) is 3.93. The van der Waals surface area contributed by atoms with Gasteiger partial charge in [0.2, 0.25) is 0 Å². The first-order chi connectivity index (χ1) is 5.20. The molecule has 0 fully saturated rings. The Morgan fingerprint density at radius 2 is 2.36 bits per heavy atom. The van der Waals surface area contributed by atoms with E-state index in [2.05, 4.69) is 89.3 Å². The van der Waals surface area contributed by atoms with Crippen LogP contribution in [0.15, 0.2) is 13.9 Å². The summed E-state index contributed by atoms with van der Waals surface area (Å²) in [5.74, 6) is 0. The van der Waals surface area contributed by atoms with E-state index in [9.17, 15) is 0 Å². The highest BCUT2D eigenvalue weighted by Gasteiger charge is 2.06. The van der Waals surface area contributed by atoms with Crippen LogP contribution in [-0.4, -0.2) is 15.4 Å². The first kappa shape index (κ1) is 10.2. The fourth-order valence-electron chi connectivity index (χ4n) is 0.541. The summed E-state index contributed by atoms with van der Waals surface area (Å²) in [6.45, 7) is 0. The summed E-state index contributed by atoms with van der Waals surface area (Å²) in [7, 11) is 0. The van der Waals surface area contributed by atoms with Crippen LogP contribution >= 0.6 is 67.8 Å². The molecule has 0 spiro atoms. The number of aromatic nitrogens is 3. The molecule has 0 saturated heterocycles. The van der Waals surface area contributed by atoms with Gasteiger partial charge in [-0.15, -0.1) is 5.10 Å². The van der Waals surface area contributed by atoms with Crippen LogP contribution < -0.4 is 0 Å². The lowest BCUT2D eigenvalue weighted by Gasteiger charge is -1.96. The third-order valence-corrected chi connectivity index (χ3v) is 2.71. The quantitative estimate of drug-likeness (QED) is 0.516. The van der Waals surface area contributed by atoms with Crippen molar-refractivity contribution in [2.75, 3.05) is 0 Å². The zero-order valence-corrected chi connectivity index (χ0v) is 11.7. The normalized spacial score (nSPS) is 12.6. The third-order valence-electron chi connectivity index (χ3n) is 0.991. The molecule has 1 aromatic heterocycles. The zero-order valence-electron chi connectivity index (χ0n) is 5.26. The highest BCUT2D eigenvalue weighted by atomic mass is 127. The van der Waals surface area contributed by atoms with Gasteiger partial charge in [0.15, 0.2) is 0 Å². The molecule has 1 atom stereocenters. The van der Waals surface area contributed by atoms with E-state index in [1.165, 1.54) is 1.59 Å². The second-order valence-electron chi connectivity index (χ2n) is 1.76. The van der Waals surface area contributed by atoms with E-state index in [0.29, 0.717) is 3.92 Å². The highest BCUT2D eigenvalue weighted by molar-refractivity contribution is 14.2. The van der Waals surface area contributed by atoms with Gasteiger partial charge in [0.05, 0.1) is 9.62 Å². The molecule has 0 amide bonds. The molecule has 0 bridgehead atoms. The van der Waals surface area contributed by atoms with E-state index in [1.807, 2.05) is 6.20 Å². The standard InChI is InChI=1S/C5H4I3N3/c6-3(1-5(7)8)4-2-9-11-10-4/h1-3H,(H,9,10,11). The summed E-state index contributed by atoms with van der Waals surface area (Å²) < 4.78 is 1.55. The lowest BCUT2D eigenvalue weighted by molar-refractivity contribution is 0.920. The van der Waals surface area contributed by atoms with E-state index in [4.69, 9.17) is 0 Å². The van der Waals surface area contributed by atoms with E-state index < -0.39 is 0 Å². The van der Waals surface area contributed by atoms with Gasteiger partial charge in [-0.2, -0.15) is 0 Å². The molecule has 0 radical (unpaired) electrons. The Balaban J connectivity index is 2.71. The molecule has 1 rings (SSSR count). The van der Waals surface area contributed by atoms with Gasteiger partial charge in [-0.25, -0.2) is 0 Å². The average Bonchev–Trinajstić information content (AvgIpc) is 2.35. The Morgan fingerprint density at radius 1 is 1.64 bits per heavy atom. The number of rotatable bonds is 2. The Kier molecular flexibility index (Phi) is 4.56. The van der Waals surface area contributed by atoms with Crippen molar-refractivity contribution < 1.29 is 0 Å². The van der Waals surface area contributed by atoms with Gasteiger partial charge >= 0.3 is 0 Å². The van der Waals surface area contributed by atoms with Gasteiger partial charge in [-0.3, -0.25) is 5.10 Å². The van der Waals surface area contributed by atoms with Crippen molar-refractivity contribution in [2.24, 2.45) is 0 Å². The van der Waals surface area contributed by atoms with Gasteiger partial charge in [-0.1, -0.05) is 27.8 Å². The number of alkyl halides is 1. The highest BCUT2D eigenvalue weighted by Crippen LogP contribution is 2.27. The van der Waals surface area contributed by atoms with Gasteiger partial charge in [0.1, 0.15) is 0 Å². The van der Waals surface area contributed by atoms with Crippen LogP contribution in [0.3, 0.4) is 0 Å². The predicted octanol–water partition coefficient (Wildman–Crippen LogP) is 2.99. The molecule has 6 heteroatoms. The molecule has 1 heterocycles. The van der Waals surface area contributed by atoms with E-state index in [-0.39, 0.29) is 0 Å². The largest absolute Gasteiger partial charge is 0.265 e. The zero-order chi connectivity index (χ0) is 8.27. The molecule has 0 aliphatic rings. The summed E-state index contributed by atoms with van der Waals surface area (Å²) in [5.41, 5.74) is 0.969. The van der Waals surface area contributed by atoms with Gasteiger partial charge < -0.3 is 0 Å². The number of nitrogens with one attached hydrogen (secondary N) is 1. The van der Waals surface area contributed by atoms with Crippen LogP contribution in [0.5, 0.6) is 0 Å². The second kappa shape index (κ2) is 4.94. The number of aromatic amines is 1. The van der Waals surface area contributed by atoms with E-state index >= 15 is 0 Å². The minimum Gasteiger partial charge on any atom is -0.265 e. The van der Waals surface area contributed by atoms with Crippen molar-refractivity contribution in [1.82, 2.24) is 15.4 Å². The maximum atomic E-state index is 3.90. The van der Waals surface area contributed by atoms with Crippen LogP contribution in [0.4, 0.5) is 0 Å². The Bertz CT molecular complexity index is 239. The number of nitrogens with zero attached hydrogens (tertiary/aromatic N) is 2. The SMILES string of the molecule is IC(I)=CC(I)c1c[nH]nn1. The molecule has 1 unspecified atom stereocenters. The average molecular weight is 487 g/mol. The van der Waals surface area contributed by atoms with Crippen molar-refractivity contribution in [3.63, 3.8) is 0 Å². The maximum Gasteiger partial charge on any atom is 0.0991 e. The lowest BCUT2D eigenvalue weighted by Crippen LogP contribution is -1.84. The minimum absolute atomic E-state index is 0.315. The molecular weight excluding hydrogens is 483 g/mol. The molecule has 1 aromatic rings. The van der Waals surface area contributed by atoms with Gasteiger partial charge in [0, 0.05) is 7.78 Å². The first-order valence-electron chi connectivity index (χ1n) is 2.73. The first-order valence-corrected chi connectivity index (χ1v) is 6.13. The van der Waals surface area contributed by atoms with E-state index in [0.717, 1.165) is 5.69 Å². The number of hydrogen-bond acceptors (Lipinski definition) is 2. The van der Waals surface area contributed by atoms with Crippen LogP contribution in [0, 0.1) is 0 Å². The van der Waals surface area contributed by atoms with Crippen LogP contribution in [0.2, 0.25) is 0 Å². The Morgan fingerprint density at radius 3 is 2.82 bits per heavy atom. The minimum atomic E-state index is 0.315. The maximum absolute atomic E-state index is 3.90. The fourth-order valence-corrected chi connectivity index (χ4v) is 3.30. The Labute approximate surface area is 105 Å². The molecule has 0 aliphatic heterocycles. The summed E-state index contributed by atoms with van der Waals surface area (Å²) >= 11 is 6.85. The third kappa shape index (κ3) is 3.53. The predicted molar refractivity (Wildman–Crippen MR) is 69.3 cm³/mol. The second-order valence-corrected chi connectivity index (χ2v) is 7.49. The van der Waals surface area contributed by atoms with Crippen molar-refractivity contribution in [3.05, 3.63) is 19.6 Å². The lowest BCUT2D eigenvalue weighted by atomic mass is 10.3. The van der Waals surface area contributed by atoms with E-state index in [1.54, 1.807) is 0 Å². The molecular formula is C5H4I3N3. The fraction of sp³-hybridized carbons (Fsp3) is 0.200. The van der Waals surface area contributed by atoms with Gasteiger partial charge in [-0.05, 0) is 51.3 Å². The molecule has 0 aromatic carbocycles. The molecule has 3 nitrogen and oxygen atoms in total. The van der Waals surface area contributed by atoms with Gasteiger partial charge in [0.25, 0.3) is 0 Å².